The largest absolute Gasteiger partial charge is 0.497 e. The molecule has 3 rings (SSSR count). The van der Waals surface area contributed by atoms with Crippen LogP contribution in [0.5, 0.6) is 5.75 Å². The van der Waals surface area contributed by atoms with Gasteiger partial charge in [0.2, 0.25) is 5.78 Å². The standard InChI is InChI=1S/C17H14N2O2S/c1-21-13-9-7-11(8-10-13)14(20)15-16(18)19-17(22-15)12-5-3-2-4-6-12/h2-10H,18H2,1H3. The molecule has 3 aromatic rings. The minimum atomic E-state index is -0.125. The van der Waals surface area contributed by atoms with E-state index in [1.165, 1.54) is 11.3 Å². The molecule has 110 valence electrons. The highest BCUT2D eigenvalue weighted by Crippen LogP contribution is 2.31. The smallest absolute Gasteiger partial charge is 0.206 e. The fourth-order valence-corrected chi connectivity index (χ4v) is 3.02. The number of hydrogen-bond acceptors (Lipinski definition) is 5. The second kappa shape index (κ2) is 5.99. The summed E-state index contributed by atoms with van der Waals surface area (Å²) in [5.41, 5.74) is 7.44. The highest BCUT2D eigenvalue weighted by molar-refractivity contribution is 7.17. The van der Waals surface area contributed by atoms with Crippen molar-refractivity contribution in [1.82, 2.24) is 4.98 Å². The number of anilines is 1. The first-order valence-corrected chi connectivity index (χ1v) is 7.51. The number of nitrogen functional groups attached to an aromatic ring is 1. The highest BCUT2D eigenvalue weighted by Gasteiger charge is 2.18. The van der Waals surface area contributed by atoms with Gasteiger partial charge in [-0.15, -0.1) is 11.3 Å². The van der Waals surface area contributed by atoms with Crippen LogP contribution >= 0.6 is 11.3 Å². The molecular formula is C17H14N2O2S. The lowest BCUT2D eigenvalue weighted by Gasteiger charge is -2.01. The van der Waals surface area contributed by atoms with Crippen LogP contribution in [0.25, 0.3) is 10.6 Å². The van der Waals surface area contributed by atoms with E-state index in [0.717, 1.165) is 10.6 Å². The van der Waals surface area contributed by atoms with Crippen LogP contribution < -0.4 is 10.5 Å². The van der Waals surface area contributed by atoms with E-state index in [4.69, 9.17) is 10.5 Å². The van der Waals surface area contributed by atoms with Gasteiger partial charge in [0, 0.05) is 11.1 Å². The number of hydrogen-bond donors (Lipinski definition) is 1. The van der Waals surface area contributed by atoms with Gasteiger partial charge in [0.05, 0.1) is 7.11 Å². The van der Waals surface area contributed by atoms with Crippen LogP contribution in [0.1, 0.15) is 15.2 Å². The van der Waals surface area contributed by atoms with Crippen molar-refractivity contribution in [2.24, 2.45) is 0 Å². The lowest BCUT2D eigenvalue weighted by atomic mass is 10.1. The van der Waals surface area contributed by atoms with E-state index in [1.807, 2.05) is 30.3 Å². The minimum absolute atomic E-state index is 0.125. The SMILES string of the molecule is COc1ccc(C(=O)c2sc(-c3ccccc3)nc2N)cc1. The fraction of sp³-hybridized carbons (Fsp3) is 0.0588. The molecule has 0 saturated heterocycles. The van der Waals surface area contributed by atoms with Crippen LogP contribution in [0.4, 0.5) is 5.82 Å². The van der Waals surface area contributed by atoms with Crippen molar-refractivity contribution in [3.05, 3.63) is 65.0 Å². The first-order valence-electron chi connectivity index (χ1n) is 6.69. The first-order chi connectivity index (χ1) is 10.7. The number of rotatable bonds is 4. The number of benzene rings is 2. The monoisotopic (exact) mass is 310 g/mol. The molecule has 0 spiro atoms. The average molecular weight is 310 g/mol. The van der Waals surface area contributed by atoms with Crippen LogP contribution in [0, 0.1) is 0 Å². The van der Waals surface area contributed by atoms with Gasteiger partial charge in [-0.1, -0.05) is 30.3 Å². The molecule has 0 fully saturated rings. The number of ketones is 1. The van der Waals surface area contributed by atoms with Gasteiger partial charge in [-0.3, -0.25) is 4.79 Å². The third kappa shape index (κ3) is 2.71. The summed E-state index contributed by atoms with van der Waals surface area (Å²) in [6.45, 7) is 0. The molecule has 0 bridgehead atoms. The summed E-state index contributed by atoms with van der Waals surface area (Å²) in [7, 11) is 1.59. The number of ether oxygens (including phenoxy) is 1. The third-order valence-electron chi connectivity index (χ3n) is 3.23. The zero-order valence-electron chi connectivity index (χ0n) is 11.9. The molecule has 2 N–H and O–H groups in total. The molecule has 1 heterocycles. The van der Waals surface area contributed by atoms with Crippen LogP contribution in [0.15, 0.2) is 54.6 Å². The summed E-state index contributed by atoms with van der Waals surface area (Å²) < 4.78 is 5.09. The average Bonchev–Trinajstić information content (AvgIpc) is 2.97. The Morgan fingerprint density at radius 1 is 1.09 bits per heavy atom. The van der Waals surface area contributed by atoms with Gasteiger partial charge in [-0.25, -0.2) is 4.98 Å². The maximum Gasteiger partial charge on any atom is 0.206 e. The Hall–Kier alpha value is -2.66. The lowest BCUT2D eigenvalue weighted by Crippen LogP contribution is -2.02. The Morgan fingerprint density at radius 2 is 1.77 bits per heavy atom. The van der Waals surface area contributed by atoms with Gasteiger partial charge >= 0.3 is 0 Å². The zero-order valence-corrected chi connectivity index (χ0v) is 12.8. The molecule has 4 nitrogen and oxygen atoms in total. The quantitative estimate of drug-likeness (QED) is 0.747. The maximum atomic E-state index is 12.6. The molecule has 0 aliphatic carbocycles. The van der Waals surface area contributed by atoms with Crippen LogP contribution in [-0.2, 0) is 0 Å². The first kappa shape index (κ1) is 14.3. The van der Waals surface area contributed by atoms with E-state index >= 15 is 0 Å². The Morgan fingerprint density at radius 3 is 2.41 bits per heavy atom. The lowest BCUT2D eigenvalue weighted by molar-refractivity contribution is 0.104. The van der Waals surface area contributed by atoms with E-state index in [9.17, 15) is 4.79 Å². The predicted molar refractivity (Wildman–Crippen MR) is 88.4 cm³/mol. The Labute approximate surface area is 132 Å². The Bertz CT molecular complexity index is 795. The second-order valence-electron chi connectivity index (χ2n) is 4.66. The normalized spacial score (nSPS) is 10.4. The number of thiazole rings is 1. The molecule has 0 unspecified atom stereocenters. The summed E-state index contributed by atoms with van der Waals surface area (Å²) in [5.74, 6) is 0.850. The van der Waals surface area contributed by atoms with Crippen molar-refractivity contribution in [1.29, 1.82) is 0 Å². The van der Waals surface area contributed by atoms with Crippen molar-refractivity contribution in [2.75, 3.05) is 12.8 Å². The Balaban J connectivity index is 1.94. The molecule has 5 heteroatoms. The molecule has 0 amide bonds. The number of aromatic nitrogens is 1. The summed E-state index contributed by atoms with van der Waals surface area (Å²) in [6.07, 6.45) is 0. The van der Waals surface area contributed by atoms with E-state index in [1.54, 1.807) is 31.4 Å². The third-order valence-corrected chi connectivity index (χ3v) is 4.35. The molecule has 0 radical (unpaired) electrons. The molecule has 22 heavy (non-hydrogen) atoms. The topological polar surface area (TPSA) is 65.2 Å². The molecule has 1 aromatic heterocycles. The predicted octanol–water partition coefficient (Wildman–Crippen LogP) is 3.63. The second-order valence-corrected chi connectivity index (χ2v) is 5.66. The molecule has 2 aromatic carbocycles. The fourth-order valence-electron chi connectivity index (χ4n) is 2.07. The summed E-state index contributed by atoms with van der Waals surface area (Å²) >= 11 is 1.31. The van der Waals surface area contributed by atoms with E-state index in [2.05, 4.69) is 4.98 Å². The molecular weight excluding hydrogens is 296 g/mol. The summed E-state index contributed by atoms with van der Waals surface area (Å²) in [4.78, 5) is 17.3. The minimum Gasteiger partial charge on any atom is -0.497 e. The number of nitrogens with two attached hydrogens (primary N) is 1. The van der Waals surface area contributed by atoms with Crippen LogP contribution in [0.2, 0.25) is 0 Å². The molecule has 0 atom stereocenters. The van der Waals surface area contributed by atoms with Crippen LogP contribution in [-0.4, -0.2) is 17.9 Å². The zero-order chi connectivity index (χ0) is 15.5. The summed E-state index contributed by atoms with van der Waals surface area (Å²) in [6, 6.07) is 16.6. The van der Waals surface area contributed by atoms with Crippen molar-refractivity contribution in [2.45, 2.75) is 0 Å². The molecule has 0 saturated carbocycles. The van der Waals surface area contributed by atoms with Crippen molar-refractivity contribution in [3.63, 3.8) is 0 Å². The van der Waals surface area contributed by atoms with E-state index < -0.39 is 0 Å². The van der Waals surface area contributed by atoms with Gasteiger partial charge < -0.3 is 10.5 Å². The maximum absolute atomic E-state index is 12.6. The summed E-state index contributed by atoms with van der Waals surface area (Å²) in [5, 5.41) is 0.745. The van der Waals surface area contributed by atoms with Gasteiger partial charge in [0.25, 0.3) is 0 Å². The number of carbonyl (C=O) groups is 1. The van der Waals surface area contributed by atoms with E-state index in [-0.39, 0.29) is 11.6 Å². The van der Waals surface area contributed by atoms with Crippen molar-refractivity contribution < 1.29 is 9.53 Å². The van der Waals surface area contributed by atoms with Gasteiger partial charge in [-0.2, -0.15) is 0 Å². The number of nitrogens with zero attached hydrogens (tertiary/aromatic N) is 1. The van der Waals surface area contributed by atoms with Gasteiger partial charge in [0.1, 0.15) is 21.5 Å². The molecule has 0 aliphatic heterocycles. The number of methoxy groups -OCH3 is 1. The Kier molecular flexibility index (Phi) is 3.89. The van der Waals surface area contributed by atoms with Crippen molar-refractivity contribution >= 4 is 22.9 Å². The highest BCUT2D eigenvalue weighted by atomic mass is 32.1. The van der Waals surface area contributed by atoms with Crippen molar-refractivity contribution in [3.8, 4) is 16.3 Å². The van der Waals surface area contributed by atoms with E-state index in [0.29, 0.717) is 16.2 Å². The van der Waals surface area contributed by atoms with Gasteiger partial charge in [-0.05, 0) is 24.3 Å². The van der Waals surface area contributed by atoms with Gasteiger partial charge in [0.15, 0.2) is 0 Å². The number of carbonyl (C=O) groups excluding carboxylic acids is 1. The van der Waals surface area contributed by atoms with Crippen LogP contribution in [0.3, 0.4) is 0 Å². The molecule has 0 aliphatic rings.